The summed E-state index contributed by atoms with van der Waals surface area (Å²) in [5.41, 5.74) is 0. The minimum atomic E-state index is -0.511. The minimum Gasteiger partial charge on any atom is -0.490 e. The van der Waals surface area contributed by atoms with Gasteiger partial charge in [0.2, 0.25) is 11.8 Å². The quantitative estimate of drug-likeness (QED) is 0.668. The van der Waals surface area contributed by atoms with E-state index in [1.54, 1.807) is 24.5 Å². The molecule has 0 unspecified atom stereocenters. The summed E-state index contributed by atoms with van der Waals surface area (Å²) in [5, 5.41) is 5.62. The molecule has 1 fully saturated rings. The van der Waals surface area contributed by atoms with E-state index in [9.17, 15) is 9.59 Å². The third-order valence-corrected chi connectivity index (χ3v) is 4.30. The number of rotatable bonds is 8. The summed E-state index contributed by atoms with van der Waals surface area (Å²) in [6.07, 6.45) is 3.38. The molecular formula is C19H24N4O4. The molecular weight excluding hydrogens is 348 g/mol. The van der Waals surface area contributed by atoms with Crippen molar-refractivity contribution in [2.45, 2.75) is 25.9 Å². The fourth-order valence-electron chi connectivity index (χ4n) is 2.98. The molecule has 2 aromatic rings. The van der Waals surface area contributed by atoms with Gasteiger partial charge < -0.3 is 19.8 Å². The summed E-state index contributed by atoms with van der Waals surface area (Å²) >= 11 is 0. The molecule has 0 bridgehead atoms. The van der Waals surface area contributed by atoms with Gasteiger partial charge in [-0.1, -0.05) is 0 Å². The molecule has 0 saturated carbocycles. The maximum absolute atomic E-state index is 12.3. The fourth-order valence-corrected chi connectivity index (χ4v) is 2.98. The summed E-state index contributed by atoms with van der Waals surface area (Å²) in [7, 11) is 0. The maximum Gasteiger partial charge on any atom is 0.237 e. The topological polar surface area (TPSA) is 96.7 Å². The van der Waals surface area contributed by atoms with Crippen LogP contribution in [0, 0.1) is 6.92 Å². The van der Waals surface area contributed by atoms with Crippen molar-refractivity contribution < 1.29 is 18.7 Å². The van der Waals surface area contributed by atoms with E-state index in [1.807, 2.05) is 24.0 Å². The lowest BCUT2D eigenvalue weighted by Crippen LogP contribution is -2.56. The molecule has 3 rings (SSSR count). The summed E-state index contributed by atoms with van der Waals surface area (Å²) in [6, 6.07) is 6.86. The van der Waals surface area contributed by atoms with Crippen LogP contribution < -0.4 is 15.4 Å². The highest BCUT2D eigenvalue weighted by Gasteiger charge is 2.32. The molecule has 8 heteroatoms. The number of furan rings is 1. The van der Waals surface area contributed by atoms with Gasteiger partial charge in [0.25, 0.3) is 0 Å². The largest absolute Gasteiger partial charge is 0.490 e. The molecule has 2 amide bonds. The van der Waals surface area contributed by atoms with Crippen LogP contribution in [-0.2, 0) is 16.1 Å². The number of piperazine rings is 1. The predicted molar refractivity (Wildman–Crippen MR) is 98.0 cm³/mol. The van der Waals surface area contributed by atoms with Crippen LogP contribution in [-0.4, -0.2) is 54.0 Å². The SMILES string of the molecule is Cc1ccc(CN2CCNC(=O)[C@@H]2CC(=O)NCCOc2cccnc2)o1. The second-order valence-electron chi connectivity index (χ2n) is 6.38. The highest BCUT2D eigenvalue weighted by molar-refractivity contribution is 5.88. The second kappa shape index (κ2) is 9.18. The zero-order chi connectivity index (χ0) is 19.1. The number of ether oxygens (including phenoxy) is 1. The molecule has 144 valence electrons. The van der Waals surface area contributed by atoms with Crippen molar-refractivity contribution >= 4 is 11.8 Å². The van der Waals surface area contributed by atoms with Crippen molar-refractivity contribution in [2.24, 2.45) is 0 Å². The molecule has 0 aromatic carbocycles. The Labute approximate surface area is 157 Å². The molecule has 1 aliphatic rings. The van der Waals surface area contributed by atoms with Crippen molar-refractivity contribution in [1.29, 1.82) is 0 Å². The van der Waals surface area contributed by atoms with Crippen LogP contribution >= 0.6 is 0 Å². The third kappa shape index (κ3) is 5.55. The van der Waals surface area contributed by atoms with Gasteiger partial charge in [-0.15, -0.1) is 0 Å². The van der Waals surface area contributed by atoms with E-state index in [4.69, 9.17) is 9.15 Å². The molecule has 1 atom stereocenters. The molecule has 1 aliphatic heterocycles. The van der Waals surface area contributed by atoms with Gasteiger partial charge in [-0.3, -0.25) is 19.5 Å². The van der Waals surface area contributed by atoms with E-state index >= 15 is 0 Å². The van der Waals surface area contributed by atoms with Crippen LogP contribution in [0.3, 0.4) is 0 Å². The zero-order valence-corrected chi connectivity index (χ0v) is 15.3. The lowest BCUT2D eigenvalue weighted by molar-refractivity contribution is -0.134. The van der Waals surface area contributed by atoms with E-state index in [-0.39, 0.29) is 18.2 Å². The van der Waals surface area contributed by atoms with Crippen LogP contribution in [0.4, 0.5) is 0 Å². The Morgan fingerprint density at radius 3 is 3.07 bits per heavy atom. The predicted octanol–water partition coefficient (Wildman–Crippen LogP) is 0.869. The van der Waals surface area contributed by atoms with Gasteiger partial charge in [-0.2, -0.15) is 0 Å². The normalized spacial score (nSPS) is 17.4. The molecule has 0 radical (unpaired) electrons. The Morgan fingerprint density at radius 1 is 1.44 bits per heavy atom. The number of hydrogen-bond acceptors (Lipinski definition) is 6. The van der Waals surface area contributed by atoms with Gasteiger partial charge in [0.15, 0.2) is 0 Å². The summed E-state index contributed by atoms with van der Waals surface area (Å²) < 4.78 is 11.1. The first-order valence-electron chi connectivity index (χ1n) is 8.98. The van der Waals surface area contributed by atoms with Crippen LogP contribution in [0.5, 0.6) is 5.75 Å². The van der Waals surface area contributed by atoms with Crippen molar-refractivity contribution in [3.63, 3.8) is 0 Å². The van der Waals surface area contributed by atoms with Crippen LogP contribution in [0.25, 0.3) is 0 Å². The molecule has 1 saturated heterocycles. The number of pyridine rings is 1. The molecule has 0 aliphatic carbocycles. The van der Waals surface area contributed by atoms with E-state index in [2.05, 4.69) is 15.6 Å². The fraction of sp³-hybridized carbons (Fsp3) is 0.421. The van der Waals surface area contributed by atoms with Gasteiger partial charge in [0, 0.05) is 19.3 Å². The standard InChI is InChI=1S/C19H24N4O4/c1-14-4-5-16(27-14)13-23-9-7-22-19(25)17(23)11-18(24)21-8-10-26-15-3-2-6-20-12-15/h2-6,12,17H,7-11,13H2,1H3,(H,21,24)(H,22,25)/t17-/m0/s1. The van der Waals surface area contributed by atoms with Crippen LogP contribution in [0.1, 0.15) is 17.9 Å². The van der Waals surface area contributed by atoms with Crippen LogP contribution in [0.2, 0.25) is 0 Å². The first kappa shape index (κ1) is 18.9. The van der Waals surface area contributed by atoms with Gasteiger partial charge in [-0.05, 0) is 31.2 Å². The number of amides is 2. The molecule has 2 N–H and O–H groups in total. The smallest absolute Gasteiger partial charge is 0.237 e. The van der Waals surface area contributed by atoms with Crippen molar-refractivity contribution in [1.82, 2.24) is 20.5 Å². The minimum absolute atomic E-state index is 0.0957. The first-order valence-corrected chi connectivity index (χ1v) is 8.98. The third-order valence-electron chi connectivity index (χ3n) is 4.30. The highest BCUT2D eigenvalue weighted by Crippen LogP contribution is 2.15. The number of aromatic nitrogens is 1. The monoisotopic (exact) mass is 372 g/mol. The molecule has 0 spiro atoms. The number of nitrogens with one attached hydrogen (secondary N) is 2. The second-order valence-corrected chi connectivity index (χ2v) is 6.38. The summed E-state index contributed by atoms with van der Waals surface area (Å²) in [4.78, 5) is 30.5. The Bertz CT molecular complexity index is 762. The van der Waals surface area contributed by atoms with Crippen molar-refractivity contribution in [3.8, 4) is 5.75 Å². The summed E-state index contributed by atoms with van der Waals surface area (Å²) in [6.45, 7) is 4.32. The Morgan fingerprint density at radius 2 is 2.33 bits per heavy atom. The van der Waals surface area contributed by atoms with E-state index in [1.165, 1.54) is 0 Å². The van der Waals surface area contributed by atoms with E-state index < -0.39 is 6.04 Å². The van der Waals surface area contributed by atoms with Gasteiger partial charge in [0.1, 0.15) is 23.9 Å². The molecule has 8 nitrogen and oxygen atoms in total. The van der Waals surface area contributed by atoms with Gasteiger partial charge in [0.05, 0.1) is 31.7 Å². The Kier molecular flexibility index (Phi) is 6.43. The van der Waals surface area contributed by atoms with Gasteiger partial charge >= 0.3 is 0 Å². The Hall–Kier alpha value is -2.87. The van der Waals surface area contributed by atoms with Gasteiger partial charge in [-0.25, -0.2) is 0 Å². The first-order chi connectivity index (χ1) is 13.1. The number of carbonyl (C=O) groups is 2. The molecule has 27 heavy (non-hydrogen) atoms. The van der Waals surface area contributed by atoms with E-state index in [0.717, 1.165) is 11.5 Å². The Balaban J connectivity index is 1.47. The maximum atomic E-state index is 12.3. The molecule has 3 heterocycles. The zero-order valence-electron chi connectivity index (χ0n) is 15.3. The highest BCUT2D eigenvalue weighted by atomic mass is 16.5. The van der Waals surface area contributed by atoms with Crippen LogP contribution in [0.15, 0.2) is 41.1 Å². The van der Waals surface area contributed by atoms with E-state index in [0.29, 0.717) is 38.5 Å². The van der Waals surface area contributed by atoms with Crippen molar-refractivity contribution in [2.75, 3.05) is 26.2 Å². The summed E-state index contributed by atoms with van der Waals surface area (Å²) in [5.74, 6) is 1.95. The lowest BCUT2D eigenvalue weighted by Gasteiger charge is -2.34. The number of aryl methyl sites for hydroxylation is 1. The average Bonchev–Trinajstić information content (AvgIpc) is 3.07. The average molecular weight is 372 g/mol. The number of hydrogen-bond donors (Lipinski definition) is 2. The lowest BCUT2D eigenvalue weighted by atomic mass is 10.1. The number of carbonyl (C=O) groups excluding carboxylic acids is 2. The van der Waals surface area contributed by atoms with Crippen molar-refractivity contribution in [3.05, 3.63) is 48.2 Å². The number of nitrogens with zero attached hydrogens (tertiary/aromatic N) is 2. The molecule has 2 aromatic heterocycles.